The summed E-state index contributed by atoms with van der Waals surface area (Å²) in [7, 11) is 3.31. The highest BCUT2D eigenvalue weighted by molar-refractivity contribution is 5.79. The molecular weight excluding hydrogens is 164 g/mol. The van der Waals surface area contributed by atoms with Gasteiger partial charge in [-0.3, -0.25) is 4.99 Å². The second-order valence-electron chi connectivity index (χ2n) is 2.81. The number of guanidine groups is 1. The molecule has 2 atom stereocenters. The molecule has 0 aliphatic heterocycles. The van der Waals surface area contributed by atoms with Crippen LogP contribution in [0.2, 0.25) is 0 Å². The van der Waals surface area contributed by atoms with Gasteiger partial charge in [0, 0.05) is 26.1 Å². The van der Waals surface area contributed by atoms with Gasteiger partial charge in [-0.25, -0.2) is 8.78 Å². The quantitative estimate of drug-likeness (QED) is 0.474. The number of rotatable bonds is 2. The van der Waals surface area contributed by atoms with Crippen LogP contribution in [0.4, 0.5) is 8.78 Å². The van der Waals surface area contributed by atoms with Crippen LogP contribution < -0.4 is 10.6 Å². The van der Waals surface area contributed by atoms with Crippen molar-refractivity contribution in [2.45, 2.75) is 18.9 Å². The molecule has 0 aromatic rings. The van der Waals surface area contributed by atoms with E-state index in [1.165, 1.54) is 0 Å². The van der Waals surface area contributed by atoms with Gasteiger partial charge in [-0.1, -0.05) is 0 Å². The van der Waals surface area contributed by atoms with Crippen LogP contribution in [0.15, 0.2) is 4.99 Å². The topological polar surface area (TPSA) is 36.4 Å². The summed E-state index contributed by atoms with van der Waals surface area (Å²) in [5.74, 6) is 0.0817. The molecule has 1 fully saturated rings. The van der Waals surface area contributed by atoms with Crippen molar-refractivity contribution >= 4 is 5.96 Å². The second kappa shape index (κ2) is 3.69. The van der Waals surface area contributed by atoms with E-state index in [0.717, 1.165) is 0 Å². The van der Waals surface area contributed by atoms with Crippen LogP contribution in [0.25, 0.3) is 0 Å². The Hall–Kier alpha value is -0.870. The molecule has 0 aromatic heterocycles. The molecule has 0 unspecified atom stereocenters. The Kier molecular flexibility index (Phi) is 2.83. The van der Waals surface area contributed by atoms with Crippen molar-refractivity contribution in [1.29, 1.82) is 0 Å². The van der Waals surface area contributed by atoms with E-state index in [1.807, 2.05) is 0 Å². The van der Waals surface area contributed by atoms with E-state index >= 15 is 0 Å². The minimum absolute atomic E-state index is 0.101. The summed E-state index contributed by atoms with van der Waals surface area (Å²) in [6.07, 6.45) is -1.67. The molecule has 1 saturated carbocycles. The van der Waals surface area contributed by atoms with Gasteiger partial charge in [0.1, 0.15) is 0 Å². The summed E-state index contributed by atoms with van der Waals surface area (Å²) in [5.41, 5.74) is 0. The average Bonchev–Trinajstić information content (AvgIpc) is 2.79. The Morgan fingerprint density at radius 3 is 2.58 bits per heavy atom. The van der Waals surface area contributed by atoms with Gasteiger partial charge in [0.15, 0.2) is 5.96 Å². The molecule has 70 valence electrons. The third-order valence-electron chi connectivity index (χ3n) is 1.95. The van der Waals surface area contributed by atoms with Crippen LogP contribution in [0.3, 0.4) is 0 Å². The van der Waals surface area contributed by atoms with Crippen LogP contribution >= 0.6 is 0 Å². The van der Waals surface area contributed by atoms with Crippen molar-refractivity contribution in [3.63, 3.8) is 0 Å². The van der Waals surface area contributed by atoms with Crippen LogP contribution in [-0.4, -0.2) is 32.5 Å². The van der Waals surface area contributed by atoms with Crippen molar-refractivity contribution in [2.75, 3.05) is 14.1 Å². The minimum atomic E-state index is -2.21. The first-order valence-corrected chi connectivity index (χ1v) is 3.88. The van der Waals surface area contributed by atoms with Gasteiger partial charge in [-0.2, -0.15) is 0 Å². The van der Waals surface area contributed by atoms with E-state index in [4.69, 9.17) is 0 Å². The smallest absolute Gasteiger partial charge is 0.243 e. The minimum Gasteiger partial charge on any atom is -0.359 e. The maximum atomic E-state index is 12.0. The standard InChI is InChI=1S/C7H13F2N3/c1-10-7(11-2)12-5-3-4(5)6(8)9/h4-6H,3H2,1-2H3,(H2,10,11,12)/t4-,5-/m0/s1. The van der Waals surface area contributed by atoms with Gasteiger partial charge in [0.05, 0.1) is 0 Å². The molecule has 5 heteroatoms. The zero-order chi connectivity index (χ0) is 9.14. The van der Waals surface area contributed by atoms with Crippen molar-refractivity contribution in [3.05, 3.63) is 0 Å². The van der Waals surface area contributed by atoms with Gasteiger partial charge < -0.3 is 10.6 Å². The van der Waals surface area contributed by atoms with E-state index in [-0.39, 0.29) is 6.04 Å². The fourth-order valence-corrected chi connectivity index (χ4v) is 1.08. The molecule has 0 radical (unpaired) electrons. The third kappa shape index (κ3) is 2.06. The van der Waals surface area contributed by atoms with Gasteiger partial charge in [-0.15, -0.1) is 0 Å². The van der Waals surface area contributed by atoms with Crippen LogP contribution in [0, 0.1) is 5.92 Å². The molecule has 0 heterocycles. The lowest BCUT2D eigenvalue weighted by Gasteiger charge is -2.07. The zero-order valence-corrected chi connectivity index (χ0v) is 7.14. The normalized spacial score (nSPS) is 28.9. The third-order valence-corrected chi connectivity index (χ3v) is 1.95. The Bertz CT molecular complexity index is 181. The van der Waals surface area contributed by atoms with E-state index in [1.54, 1.807) is 14.1 Å². The first kappa shape index (κ1) is 9.22. The van der Waals surface area contributed by atoms with Crippen molar-refractivity contribution in [2.24, 2.45) is 10.9 Å². The highest BCUT2D eigenvalue weighted by Crippen LogP contribution is 2.35. The van der Waals surface area contributed by atoms with Gasteiger partial charge in [-0.05, 0) is 6.42 Å². The van der Waals surface area contributed by atoms with Gasteiger partial charge in [0.25, 0.3) is 0 Å². The zero-order valence-electron chi connectivity index (χ0n) is 7.14. The lowest BCUT2D eigenvalue weighted by atomic mass is 10.4. The number of halogens is 2. The summed E-state index contributed by atoms with van der Waals surface area (Å²) >= 11 is 0. The fourth-order valence-electron chi connectivity index (χ4n) is 1.08. The van der Waals surface area contributed by atoms with Crippen LogP contribution in [0.1, 0.15) is 6.42 Å². The SMILES string of the molecule is CN=C(NC)N[C@H]1C[C@@H]1C(F)F. The Labute approximate surface area is 70.2 Å². The summed E-state index contributed by atoms with van der Waals surface area (Å²) in [5, 5.41) is 5.66. The van der Waals surface area contributed by atoms with E-state index in [2.05, 4.69) is 15.6 Å². The Balaban J connectivity index is 2.27. The van der Waals surface area contributed by atoms with E-state index in [0.29, 0.717) is 12.4 Å². The number of hydrogen-bond donors (Lipinski definition) is 2. The lowest BCUT2D eigenvalue weighted by molar-refractivity contribution is 0.119. The second-order valence-corrected chi connectivity index (χ2v) is 2.81. The maximum Gasteiger partial charge on any atom is 0.243 e. The molecule has 12 heavy (non-hydrogen) atoms. The van der Waals surface area contributed by atoms with Crippen LogP contribution in [-0.2, 0) is 0 Å². The largest absolute Gasteiger partial charge is 0.359 e. The molecule has 1 aliphatic rings. The van der Waals surface area contributed by atoms with Gasteiger partial charge in [0.2, 0.25) is 6.43 Å². The predicted octanol–water partition coefficient (Wildman–Crippen LogP) is 0.435. The van der Waals surface area contributed by atoms with Crippen molar-refractivity contribution < 1.29 is 8.78 Å². The van der Waals surface area contributed by atoms with Crippen molar-refractivity contribution in [1.82, 2.24) is 10.6 Å². The molecule has 3 nitrogen and oxygen atoms in total. The first-order valence-electron chi connectivity index (χ1n) is 3.88. The van der Waals surface area contributed by atoms with Gasteiger partial charge >= 0.3 is 0 Å². The Morgan fingerprint density at radius 1 is 1.58 bits per heavy atom. The first-order chi connectivity index (χ1) is 5.69. The molecule has 2 N–H and O–H groups in total. The van der Waals surface area contributed by atoms with E-state index < -0.39 is 12.3 Å². The highest BCUT2D eigenvalue weighted by atomic mass is 19.3. The molecule has 0 saturated heterocycles. The summed E-state index contributed by atoms with van der Waals surface area (Å²) in [6, 6.07) is -0.101. The summed E-state index contributed by atoms with van der Waals surface area (Å²) < 4.78 is 24.1. The molecule has 0 bridgehead atoms. The molecule has 1 aliphatic carbocycles. The fraction of sp³-hybridized carbons (Fsp3) is 0.857. The summed E-state index contributed by atoms with van der Waals surface area (Å²) in [4.78, 5) is 3.83. The lowest BCUT2D eigenvalue weighted by Crippen LogP contribution is -2.37. The monoisotopic (exact) mass is 177 g/mol. The Morgan fingerprint density at radius 2 is 2.25 bits per heavy atom. The van der Waals surface area contributed by atoms with Crippen molar-refractivity contribution in [3.8, 4) is 0 Å². The average molecular weight is 177 g/mol. The van der Waals surface area contributed by atoms with E-state index in [9.17, 15) is 8.78 Å². The predicted molar refractivity (Wildman–Crippen MR) is 43.5 cm³/mol. The number of nitrogens with zero attached hydrogens (tertiary/aromatic N) is 1. The number of aliphatic imine (C=N–C) groups is 1. The molecular formula is C7H13F2N3. The number of hydrogen-bond acceptors (Lipinski definition) is 1. The summed E-state index contributed by atoms with van der Waals surface area (Å²) in [6.45, 7) is 0. The molecule has 0 amide bonds. The van der Waals surface area contributed by atoms with Crippen LogP contribution in [0.5, 0.6) is 0 Å². The number of alkyl halides is 2. The maximum absolute atomic E-state index is 12.0. The molecule has 0 aromatic carbocycles. The number of nitrogens with one attached hydrogen (secondary N) is 2. The molecule has 0 spiro atoms. The highest BCUT2D eigenvalue weighted by Gasteiger charge is 2.44. The molecule has 1 rings (SSSR count).